The van der Waals surface area contributed by atoms with Crippen molar-refractivity contribution in [2.24, 2.45) is 5.92 Å². The van der Waals surface area contributed by atoms with E-state index in [0.29, 0.717) is 18.9 Å². The van der Waals surface area contributed by atoms with Gasteiger partial charge >= 0.3 is 5.97 Å². The summed E-state index contributed by atoms with van der Waals surface area (Å²) in [6, 6.07) is 9.74. The summed E-state index contributed by atoms with van der Waals surface area (Å²) in [5.74, 6) is 0.156. The van der Waals surface area contributed by atoms with E-state index in [4.69, 9.17) is 4.74 Å². The first-order chi connectivity index (χ1) is 9.49. The van der Waals surface area contributed by atoms with Crippen molar-refractivity contribution < 1.29 is 13.7 Å². The average molecular weight is 297 g/mol. The predicted octanol–water partition coefficient (Wildman–Crippen LogP) is 1.72. The number of hydrogen-bond acceptors (Lipinski definition) is 4. The number of rotatable bonds is 8. The Labute approximate surface area is 123 Å². The summed E-state index contributed by atoms with van der Waals surface area (Å²) in [7, 11) is -0.828. The zero-order valence-corrected chi connectivity index (χ0v) is 13.1. The Morgan fingerprint density at radius 1 is 1.30 bits per heavy atom. The Balaban J connectivity index is 2.27. The summed E-state index contributed by atoms with van der Waals surface area (Å²) in [4.78, 5) is 11.8. The molecule has 0 spiro atoms. The minimum Gasteiger partial charge on any atom is -0.461 e. The molecule has 0 aliphatic heterocycles. The van der Waals surface area contributed by atoms with Crippen LogP contribution in [0.1, 0.15) is 19.4 Å². The summed E-state index contributed by atoms with van der Waals surface area (Å²) in [6.45, 7) is 4.63. The quantitative estimate of drug-likeness (QED) is 0.742. The molecule has 0 amide bonds. The molecule has 1 N–H and O–H groups in total. The van der Waals surface area contributed by atoms with E-state index in [2.05, 4.69) is 5.32 Å². The van der Waals surface area contributed by atoms with Crippen LogP contribution in [-0.2, 0) is 26.9 Å². The Hall–Kier alpha value is -1.20. The highest BCUT2D eigenvalue weighted by Gasteiger charge is 2.15. The lowest BCUT2D eigenvalue weighted by molar-refractivity contribution is -0.149. The molecule has 3 atom stereocenters. The van der Waals surface area contributed by atoms with Gasteiger partial charge in [-0.1, -0.05) is 37.3 Å². The van der Waals surface area contributed by atoms with Gasteiger partial charge in [0.05, 0.1) is 5.92 Å². The van der Waals surface area contributed by atoms with Gasteiger partial charge in [0.1, 0.15) is 6.61 Å². The van der Waals surface area contributed by atoms with Crippen molar-refractivity contribution in [2.75, 3.05) is 18.6 Å². The fraction of sp³-hybridized carbons (Fsp3) is 0.533. The maximum Gasteiger partial charge on any atom is 0.310 e. The number of ether oxygens (including phenoxy) is 1. The van der Waals surface area contributed by atoms with Gasteiger partial charge in [-0.2, -0.15) is 0 Å². The molecule has 0 aromatic heterocycles. The average Bonchev–Trinajstić information content (AvgIpc) is 2.42. The Bertz CT molecular complexity index is 436. The Kier molecular flexibility index (Phi) is 7.47. The van der Waals surface area contributed by atoms with Gasteiger partial charge in [0.15, 0.2) is 0 Å². The maximum absolute atomic E-state index is 11.8. The van der Waals surface area contributed by atoms with Crippen LogP contribution in [0, 0.1) is 5.92 Å². The third kappa shape index (κ3) is 6.82. The zero-order chi connectivity index (χ0) is 15.0. The van der Waals surface area contributed by atoms with Gasteiger partial charge in [-0.25, -0.2) is 0 Å². The van der Waals surface area contributed by atoms with Crippen molar-refractivity contribution >= 4 is 16.8 Å². The molecule has 1 rings (SSSR count). The highest BCUT2D eigenvalue weighted by atomic mass is 32.2. The Morgan fingerprint density at radius 3 is 2.55 bits per heavy atom. The molecular weight excluding hydrogens is 274 g/mol. The molecule has 0 fully saturated rings. The van der Waals surface area contributed by atoms with E-state index in [1.807, 2.05) is 44.2 Å². The lowest BCUT2D eigenvalue weighted by Gasteiger charge is -2.16. The van der Waals surface area contributed by atoms with Crippen molar-refractivity contribution in [3.8, 4) is 0 Å². The number of hydrogen-bond donors (Lipinski definition) is 1. The maximum atomic E-state index is 11.8. The van der Waals surface area contributed by atoms with Crippen LogP contribution in [0.5, 0.6) is 0 Å². The van der Waals surface area contributed by atoms with Gasteiger partial charge < -0.3 is 10.1 Å². The first kappa shape index (κ1) is 16.9. The lowest BCUT2D eigenvalue weighted by atomic mass is 10.1. The minimum absolute atomic E-state index is 0.130. The molecule has 0 heterocycles. The van der Waals surface area contributed by atoms with Crippen LogP contribution < -0.4 is 5.32 Å². The van der Waals surface area contributed by atoms with Gasteiger partial charge in [0, 0.05) is 35.4 Å². The van der Waals surface area contributed by atoms with Crippen molar-refractivity contribution in [3.63, 3.8) is 0 Å². The third-order valence-electron chi connectivity index (χ3n) is 2.88. The lowest BCUT2D eigenvalue weighted by Crippen LogP contribution is -2.36. The monoisotopic (exact) mass is 297 g/mol. The molecule has 1 aromatic carbocycles. The van der Waals surface area contributed by atoms with Crippen LogP contribution in [0.3, 0.4) is 0 Å². The first-order valence-electron chi connectivity index (χ1n) is 6.73. The van der Waals surface area contributed by atoms with Crippen molar-refractivity contribution in [1.82, 2.24) is 5.32 Å². The molecular formula is C15H23NO3S. The van der Waals surface area contributed by atoms with Crippen molar-refractivity contribution in [1.29, 1.82) is 0 Å². The van der Waals surface area contributed by atoms with Crippen LogP contribution in [0.15, 0.2) is 30.3 Å². The second kappa shape index (κ2) is 8.87. The molecule has 5 heteroatoms. The number of esters is 1. The van der Waals surface area contributed by atoms with Crippen LogP contribution >= 0.6 is 0 Å². The molecule has 0 radical (unpaired) electrons. The Morgan fingerprint density at radius 2 is 1.95 bits per heavy atom. The van der Waals surface area contributed by atoms with E-state index in [1.54, 1.807) is 6.26 Å². The summed E-state index contributed by atoms with van der Waals surface area (Å²) in [5, 5.41) is 3.20. The summed E-state index contributed by atoms with van der Waals surface area (Å²) >= 11 is 0. The van der Waals surface area contributed by atoms with E-state index in [-0.39, 0.29) is 17.9 Å². The van der Waals surface area contributed by atoms with Gasteiger partial charge in [0.25, 0.3) is 0 Å². The first-order valence-corrected chi connectivity index (χ1v) is 8.45. The summed E-state index contributed by atoms with van der Waals surface area (Å²) < 4.78 is 16.3. The topological polar surface area (TPSA) is 55.4 Å². The summed E-state index contributed by atoms with van der Waals surface area (Å²) in [5.41, 5.74) is 0.982. The molecule has 20 heavy (non-hydrogen) atoms. The smallest absolute Gasteiger partial charge is 0.310 e. The standard InChI is InChI=1S/C15H23NO3S/c1-12(9-16-13(2)11-20(3)18)15(17)19-10-14-7-5-4-6-8-14/h4-8,12-13,16H,9-11H2,1-3H3. The number of carbonyl (C=O) groups excluding carboxylic acids is 1. The molecule has 0 aliphatic carbocycles. The zero-order valence-electron chi connectivity index (χ0n) is 12.3. The predicted molar refractivity (Wildman–Crippen MR) is 81.8 cm³/mol. The second-order valence-electron chi connectivity index (χ2n) is 5.04. The molecule has 3 unspecified atom stereocenters. The number of nitrogens with one attached hydrogen (secondary N) is 1. The largest absolute Gasteiger partial charge is 0.461 e. The molecule has 0 saturated heterocycles. The van der Waals surface area contributed by atoms with E-state index >= 15 is 0 Å². The number of benzene rings is 1. The third-order valence-corrected chi connectivity index (χ3v) is 3.85. The minimum atomic E-state index is -0.828. The van der Waals surface area contributed by atoms with Crippen LogP contribution in [-0.4, -0.2) is 34.8 Å². The van der Waals surface area contributed by atoms with Crippen LogP contribution in [0.4, 0.5) is 0 Å². The SMILES string of the molecule is CC(CS(C)=O)NCC(C)C(=O)OCc1ccccc1. The van der Waals surface area contributed by atoms with E-state index in [9.17, 15) is 9.00 Å². The molecule has 1 aromatic rings. The summed E-state index contributed by atoms with van der Waals surface area (Å²) in [6.07, 6.45) is 1.68. The van der Waals surface area contributed by atoms with E-state index in [1.165, 1.54) is 0 Å². The van der Waals surface area contributed by atoms with Gasteiger partial charge in [0.2, 0.25) is 0 Å². The molecule has 112 valence electrons. The normalized spacial score (nSPS) is 15.3. The van der Waals surface area contributed by atoms with Crippen molar-refractivity contribution in [2.45, 2.75) is 26.5 Å². The van der Waals surface area contributed by atoms with E-state index in [0.717, 1.165) is 5.56 Å². The van der Waals surface area contributed by atoms with E-state index < -0.39 is 10.8 Å². The van der Waals surface area contributed by atoms with Gasteiger partial charge in [-0.15, -0.1) is 0 Å². The van der Waals surface area contributed by atoms with Crippen LogP contribution in [0.25, 0.3) is 0 Å². The molecule has 0 bridgehead atoms. The molecule has 0 aliphatic rings. The fourth-order valence-electron chi connectivity index (χ4n) is 1.74. The second-order valence-corrected chi connectivity index (χ2v) is 6.52. The van der Waals surface area contributed by atoms with Crippen LogP contribution in [0.2, 0.25) is 0 Å². The molecule has 4 nitrogen and oxygen atoms in total. The fourth-order valence-corrected chi connectivity index (χ4v) is 2.57. The van der Waals surface area contributed by atoms with Gasteiger partial charge in [-0.05, 0) is 12.5 Å². The van der Waals surface area contributed by atoms with Gasteiger partial charge in [-0.3, -0.25) is 9.00 Å². The highest BCUT2D eigenvalue weighted by molar-refractivity contribution is 7.84. The highest BCUT2D eigenvalue weighted by Crippen LogP contribution is 2.04. The molecule has 0 saturated carbocycles. The number of carbonyl (C=O) groups is 1. The van der Waals surface area contributed by atoms with Crippen molar-refractivity contribution in [3.05, 3.63) is 35.9 Å².